The molecule has 0 bridgehead atoms. The Balaban J connectivity index is 1.80. The maximum absolute atomic E-state index is 12.5. The predicted molar refractivity (Wildman–Crippen MR) is 89.3 cm³/mol. The monoisotopic (exact) mass is 331 g/mol. The molecule has 1 aliphatic heterocycles. The zero-order valence-electron chi connectivity index (χ0n) is 13.1. The molecule has 1 atom stereocenters. The molecule has 0 saturated heterocycles. The molecule has 0 aliphatic carbocycles. The molecule has 0 aromatic heterocycles. The van der Waals surface area contributed by atoms with Crippen LogP contribution in [-0.2, 0) is 0 Å². The first-order valence-corrected chi connectivity index (χ1v) is 7.93. The molecular formula is C18H18ClNO3. The van der Waals surface area contributed by atoms with Gasteiger partial charge < -0.3 is 14.8 Å². The Morgan fingerprint density at radius 3 is 2.70 bits per heavy atom. The number of fused-ring (bicyclic) bond motifs is 1. The van der Waals surface area contributed by atoms with Crippen LogP contribution in [-0.4, -0.2) is 12.7 Å². The van der Waals surface area contributed by atoms with Gasteiger partial charge in [0.25, 0.3) is 5.91 Å². The van der Waals surface area contributed by atoms with Crippen molar-refractivity contribution in [2.75, 3.05) is 6.79 Å². The molecule has 23 heavy (non-hydrogen) atoms. The lowest BCUT2D eigenvalue weighted by atomic mass is 10.0. The number of benzene rings is 2. The van der Waals surface area contributed by atoms with Gasteiger partial charge in [-0.25, -0.2) is 0 Å². The van der Waals surface area contributed by atoms with Crippen molar-refractivity contribution in [3.63, 3.8) is 0 Å². The number of nitrogens with one attached hydrogen (secondary N) is 1. The zero-order valence-corrected chi connectivity index (χ0v) is 13.8. The van der Waals surface area contributed by atoms with Crippen molar-refractivity contribution in [3.05, 3.63) is 58.1 Å². The van der Waals surface area contributed by atoms with Crippen molar-refractivity contribution in [2.45, 2.75) is 26.3 Å². The summed E-state index contributed by atoms with van der Waals surface area (Å²) in [5.41, 5.74) is 2.74. The maximum atomic E-state index is 12.5. The van der Waals surface area contributed by atoms with Gasteiger partial charge >= 0.3 is 0 Å². The fourth-order valence-electron chi connectivity index (χ4n) is 2.56. The first-order valence-electron chi connectivity index (χ1n) is 7.55. The summed E-state index contributed by atoms with van der Waals surface area (Å²) >= 11 is 6.14. The van der Waals surface area contributed by atoms with Gasteiger partial charge in [0.2, 0.25) is 6.79 Å². The zero-order chi connectivity index (χ0) is 16.4. The Morgan fingerprint density at radius 1 is 1.26 bits per heavy atom. The van der Waals surface area contributed by atoms with Crippen LogP contribution in [0.1, 0.15) is 40.9 Å². The van der Waals surface area contributed by atoms with Crippen molar-refractivity contribution >= 4 is 17.5 Å². The normalized spacial score (nSPS) is 13.7. The first kappa shape index (κ1) is 15.7. The minimum atomic E-state index is -0.183. The number of rotatable bonds is 4. The number of hydrogen-bond acceptors (Lipinski definition) is 3. The first-order chi connectivity index (χ1) is 11.1. The van der Waals surface area contributed by atoms with Crippen LogP contribution in [0.4, 0.5) is 0 Å². The third-order valence-corrected chi connectivity index (χ3v) is 4.16. The van der Waals surface area contributed by atoms with E-state index in [0.29, 0.717) is 22.1 Å². The second kappa shape index (κ2) is 6.50. The average molecular weight is 332 g/mol. The summed E-state index contributed by atoms with van der Waals surface area (Å²) in [6.07, 6.45) is 0.799. The lowest BCUT2D eigenvalue weighted by molar-refractivity contribution is 0.0935. The maximum Gasteiger partial charge on any atom is 0.251 e. The summed E-state index contributed by atoms with van der Waals surface area (Å²) in [7, 11) is 0. The number of carbonyl (C=O) groups is 1. The van der Waals surface area contributed by atoms with Gasteiger partial charge in [-0.15, -0.1) is 0 Å². The molecular weight excluding hydrogens is 314 g/mol. The second-order valence-electron chi connectivity index (χ2n) is 5.54. The molecule has 3 rings (SSSR count). The number of halogens is 1. The quantitative estimate of drug-likeness (QED) is 0.910. The Kier molecular flexibility index (Phi) is 4.44. The Bertz CT molecular complexity index is 728. The van der Waals surface area contributed by atoms with Gasteiger partial charge in [0.15, 0.2) is 11.5 Å². The minimum Gasteiger partial charge on any atom is -0.454 e. The van der Waals surface area contributed by atoms with E-state index in [1.165, 1.54) is 5.56 Å². The van der Waals surface area contributed by atoms with Gasteiger partial charge in [0, 0.05) is 5.56 Å². The molecule has 0 radical (unpaired) electrons. The summed E-state index contributed by atoms with van der Waals surface area (Å²) in [5, 5.41) is 3.43. The van der Waals surface area contributed by atoms with E-state index in [9.17, 15) is 4.79 Å². The van der Waals surface area contributed by atoms with E-state index in [-0.39, 0.29) is 18.7 Å². The van der Waals surface area contributed by atoms with E-state index in [1.807, 2.05) is 38.1 Å². The summed E-state index contributed by atoms with van der Waals surface area (Å²) in [6.45, 7) is 4.20. The van der Waals surface area contributed by atoms with Crippen molar-refractivity contribution < 1.29 is 14.3 Å². The van der Waals surface area contributed by atoms with E-state index in [4.69, 9.17) is 21.1 Å². The van der Waals surface area contributed by atoms with E-state index in [0.717, 1.165) is 12.0 Å². The van der Waals surface area contributed by atoms with E-state index < -0.39 is 0 Å². The van der Waals surface area contributed by atoms with Gasteiger partial charge in [-0.3, -0.25) is 4.79 Å². The Labute approximate surface area is 140 Å². The third kappa shape index (κ3) is 3.27. The van der Waals surface area contributed by atoms with Gasteiger partial charge in [0.1, 0.15) is 0 Å². The van der Waals surface area contributed by atoms with Crippen LogP contribution < -0.4 is 14.8 Å². The van der Waals surface area contributed by atoms with Crippen LogP contribution in [0, 0.1) is 6.92 Å². The molecule has 4 nitrogen and oxygen atoms in total. The van der Waals surface area contributed by atoms with Gasteiger partial charge in [-0.2, -0.15) is 0 Å². The Morgan fingerprint density at radius 2 is 2.00 bits per heavy atom. The molecule has 0 spiro atoms. The van der Waals surface area contributed by atoms with Crippen molar-refractivity contribution in [3.8, 4) is 11.5 Å². The van der Waals surface area contributed by atoms with Crippen molar-refractivity contribution in [1.29, 1.82) is 0 Å². The predicted octanol–water partition coefficient (Wildman–Crippen LogP) is 4.26. The molecule has 1 amide bonds. The molecule has 1 aliphatic rings. The van der Waals surface area contributed by atoms with Crippen LogP contribution in [0.5, 0.6) is 11.5 Å². The van der Waals surface area contributed by atoms with Crippen LogP contribution in [0.25, 0.3) is 0 Å². The van der Waals surface area contributed by atoms with Gasteiger partial charge in [-0.1, -0.05) is 48.4 Å². The second-order valence-corrected chi connectivity index (χ2v) is 5.94. The number of aryl methyl sites for hydroxylation is 1. The highest BCUT2D eigenvalue weighted by Crippen LogP contribution is 2.39. The lowest BCUT2D eigenvalue weighted by Crippen LogP contribution is -2.28. The van der Waals surface area contributed by atoms with Crippen LogP contribution in [0.3, 0.4) is 0 Å². The number of hydrogen-bond donors (Lipinski definition) is 1. The summed E-state index contributed by atoms with van der Waals surface area (Å²) in [6, 6.07) is 11.4. The number of carbonyl (C=O) groups excluding carboxylic acids is 1. The van der Waals surface area contributed by atoms with Crippen molar-refractivity contribution in [1.82, 2.24) is 5.32 Å². The average Bonchev–Trinajstić information content (AvgIpc) is 3.02. The molecule has 5 heteroatoms. The molecule has 2 aromatic carbocycles. The molecule has 1 N–H and O–H groups in total. The molecule has 0 saturated carbocycles. The third-order valence-electron chi connectivity index (χ3n) is 3.88. The van der Waals surface area contributed by atoms with E-state index in [2.05, 4.69) is 5.32 Å². The highest BCUT2D eigenvalue weighted by molar-refractivity contribution is 6.32. The highest BCUT2D eigenvalue weighted by Gasteiger charge is 2.22. The largest absolute Gasteiger partial charge is 0.454 e. The summed E-state index contributed by atoms with van der Waals surface area (Å²) in [4.78, 5) is 12.5. The van der Waals surface area contributed by atoms with Crippen molar-refractivity contribution in [2.24, 2.45) is 0 Å². The van der Waals surface area contributed by atoms with Gasteiger partial charge in [0.05, 0.1) is 11.1 Å². The minimum absolute atomic E-state index is 0.0488. The fourth-order valence-corrected chi connectivity index (χ4v) is 2.83. The smallest absolute Gasteiger partial charge is 0.251 e. The van der Waals surface area contributed by atoms with Gasteiger partial charge in [-0.05, 0) is 31.0 Å². The highest BCUT2D eigenvalue weighted by atomic mass is 35.5. The standard InChI is InChI=1S/C18H18ClNO3/c1-3-15(12-6-4-11(2)5-7-12)20-18(21)13-8-14(19)17-16(9-13)22-10-23-17/h4-9,15H,3,10H2,1-2H3,(H,20,21)/t15-/m1/s1. The molecule has 120 valence electrons. The van der Waals surface area contributed by atoms with E-state index in [1.54, 1.807) is 12.1 Å². The SMILES string of the molecule is CC[C@@H](NC(=O)c1cc(Cl)c2c(c1)OCO2)c1ccc(C)cc1. The van der Waals surface area contributed by atoms with E-state index >= 15 is 0 Å². The molecule has 0 unspecified atom stereocenters. The Hall–Kier alpha value is -2.20. The summed E-state index contributed by atoms with van der Waals surface area (Å²) in [5.74, 6) is 0.817. The molecule has 2 aromatic rings. The molecule has 1 heterocycles. The van der Waals surface area contributed by atoms with Crippen LogP contribution in [0.2, 0.25) is 5.02 Å². The molecule has 0 fully saturated rings. The number of ether oxygens (including phenoxy) is 2. The lowest BCUT2D eigenvalue weighted by Gasteiger charge is -2.18. The fraction of sp³-hybridized carbons (Fsp3) is 0.278. The van der Waals surface area contributed by atoms with Crippen LogP contribution >= 0.6 is 11.6 Å². The summed E-state index contributed by atoms with van der Waals surface area (Å²) < 4.78 is 10.6. The van der Waals surface area contributed by atoms with Crippen LogP contribution in [0.15, 0.2) is 36.4 Å². The number of amides is 1. The topological polar surface area (TPSA) is 47.6 Å².